The first-order valence-corrected chi connectivity index (χ1v) is 16.6. The summed E-state index contributed by atoms with van der Waals surface area (Å²) in [7, 11) is 0. The van der Waals surface area contributed by atoms with Crippen molar-refractivity contribution in [2.24, 2.45) is 0 Å². The monoisotopic (exact) mass is 714 g/mol. The minimum Gasteiger partial charge on any atom is -0.487 e. The third kappa shape index (κ3) is 11.2. The maximum atomic E-state index is 15.4. The van der Waals surface area contributed by atoms with E-state index in [1.54, 1.807) is 41.5 Å². The topological polar surface area (TPSA) is 124 Å². The van der Waals surface area contributed by atoms with Crippen molar-refractivity contribution in [1.29, 1.82) is 0 Å². The van der Waals surface area contributed by atoms with Gasteiger partial charge in [0.05, 0.1) is 25.8 Å². The molecule has 51 heavy (non-hydrogen) atoms. The Hall–Kier alpha value is -4.62. The molecule has 2 amide bonds. The van der Waals surface area contributed by atoms with Gasteiger partial charge in [-0.25, -0.2) is 22.8 Å². The van der Waals surface area contributed by atoms with Gasteiger partial charge in [0.25, 0.3) is 0 Å². The van der Waals surface area contributed by atoms with E-state index in [0.29, 0.717) is 11.1 Å². The van der Waals surface area contributed by atoms with Gasteiger partial charge in [-0.3, -0.25) is 9.69 Å². The number of carbonyl (C=O) groups is 3. The van der Waals surface area contributed by atoms with Gasteiger partial charge >= 0.3 is 12.2 Å². The van der Waals surface area contributed by atoms with Crippen LogP contribution in [0.2, 0.25) is 0 Å². The molecule has 3 aromatic carbocycles. The van der Waals surface area contributed by atoms with Crippen LogP contribution in [0.1, 0.15) is 64.2 Å². The van der Waals surface area contributed by atoms with Crippen LogP contribution in [0.5, 0.6) is 5.75 Å². The van der Waals surface area contributed by atoms with Crippen molar-refractivity contribution in [3.8, 4) is 5.75 Å². The number of rotatable bonds is 11. The number of nitrogens with one attached hydrogen (secondary N) is 1. The Labute approximate surface area is 295 Å². The normalized spacial score (nSPS) is 17.1. The van der Waals surface area contributed by atoms with Gasteiger partial charge in [0.1, 0.15) is 41.6 Å². The lowest BCUT2D eigenvalue weighted by atomic mass is 9.82. The Kier molecular flexibility index (Phi) is 12.7. The molecule has 4 rings (SSSR count). The second-order valence-electron chi connectivity index (χ2n) is 14.3. The smallest absolute Gasteiger partial charge is 0.410 e. The van der Waals surface area contributed by atoms with Crippen LogP contribution < -0.4 is 10.1 Å². The summed E-state index contributed by atoms with van der Waals surface area (Å²) in [4.78, 5) is 41.6. The highest BCUT2D eigenvalue weighted by Crippen LogP contribution is 2.32. The number of morpholine rings is 1. The largest absolute Gasteiger partial charge is 0.487 e. The zero-order chi connectivity index (χ0) is 37.5. The highest BCUT2D eigenvalue weighted by Gasteiger charge is 2.37. The molecular weight excluding hydrogens is 669 g/mol. The van der Waals surface area contributed by atoms with Crippen LogP contribution in [0.4, 0.5) is 22.8 Å². The number of ketones is 1. The molecule has 0 spiro atoms. The molecule has 1 fully saturated rings. The first-order valence-electron chi connectivity index (χ1n) is 16.6. The Morgan fingerprint density at radius 1 is 0.882 bits per heavy atom. The number of halogens is 3. The average Bonchev–Trinajstić information content (AvgIpc) is 3.04. The molecule has 276 valence electrons. The number of aliphatic hydroxyl groups excluding tert-OH is 1. The summed E-state index contributed by atoms with van der Waals surface area (Å²) in [5.74, 6) is -3.56. The third-order valence-corrected chi connectivity index (χ3v) is 7.84. The molecule has 3 atom stereocenters. The number of hydrogen-bond acceptors (Lipinski definition) is 8. The number of amides is 2. The molecule has 13 heteroatoms. The van der Waals surface area contributed by atoms with Crippen molar-refractivity contribution >= 4 is 18.0 Å². The van der Waals surface area contributed by atoms with Crippen LogP contribution in [0, 0.1) is 17.5 Å². The maximum Gasteiger partial charge on any atom is 0.410 e. The minimum atomic E-state index is -1.34. The zero-order valence-corrected chi connectivity index (χ0v) is 29.6. The Morgan fingerprint density at radius 3 is 1.98 bits per heavy atom. The quantitative estimate of drug-likeness (QED) is 0.237. The first-order chi connectivity index (χ1) is 23.9. The molecule has 1 aliphatic rings. The highest BCUT2D eigenvalue weighted by molar-refractivity contribution is 5.91. The van der Waals surface area contributed by atoms with Crippen LogP contribution in [-0.2, 0) is 25.4 Å². The molecule has 1 heterocycles. The fraction of sp³-hybridized carbons (Fsp3) is 0.447. The van der Waals surface area contributed by atoms with Crippen molar-refractivity contribution in [1.82, 2.24) is 10.2 Å². The predicted molar refractivity (Wildman–Crippen MR) is 182 cm³/mol. The van der Waals surface area contributed by atoms with Gasteiger partial charge < -0.3 is 29.4 Å². The first kappa shape index (κ1) is 39.2. The fourth-order valence-corrected chi connectivity index (χ4v) is 5.58. The lowest BCUT2D eigenvalue weighted by Gasteiger charge is -2.39. The Morgan fingerprint density at radius 2 is 1.45 bits per heavy atom. The summed E-state index contributed by atoms with van der Waals surface area (Å²) in [6, 6.07) is 12.8. The van der Waals surface area contributed by atoms with Gasteiger partial charge in [0, 0.05) is 17.9 Å². The number of alkyl carbamates (subject to hydrolysis) is 1. The van der Waals surface area contributed by atoms with E-state index in [-0.39, 0.29) is 37.7 Å². The molecule has 0 aliphatic carbocycles. The number of hydrogen-bond donors (Lipinski definition) is 2. The number of benzene rings is 3. The summed E-state index contributed by atoms with van der Waals surface area (Å²) in [6.45, 7) is 9.52. The van der Waals surface area contributed by atoms with E-state index in [2.05, 4.69) is 5.32 Å². The highest BCUT2D eigenvalue weighted by atomic mass is 19.1. The van der Waals surface area contributed by atoms with Gasteiger partial charge in [-0.15, -0.1) is 0 Å². The number of Topliss-reactive ketones (excluding diaryl/α,β-unsaturated/α-hetero) is 1. The number of para-hydroxylation sites is 1. The summed E-state index contributed by atoms with van der Waals surface area (Å²) >= 11 is 0. The zero-order valence-electron chi connectivity index (χ0n) is 29.6. The van der Waals surface area contributed by atoms with E-state index in [4.69, 9.17) is 18.9 Å². The van der Waals surface area contributed by atoms with E-state index in [9.17, 15) is 28.3 Å². The van der Waals surface area contributed by atoms with Gasteiger partial charge in [0.2, 0.25) is 0 Å². The van der Waals surface area contributed by atoms with Crippen molar-refractivity contribution in [3.05, 3.63) is 101 Å². The molecule has 2 N–H and O–H groups in total. The second kappa shape index (κ2) is 16.6. The van der Waals surface area contributed by atoms with Crippen LogP contribution >= 0.6 is 0 Å². The van der Waals surface area contributed by atoms with Crippen molar-refractivity contribution < 1.29 is 51.6 Å². The van der Waals surface area contributed by atoms with E-state index in [1.807, 2.05) is 0 Å². The molecule has 1 saturated heterocycles. The fourth-order valence-electron chi connectivity index (χ4n) is 5.58. The number of ether oxygens (including phenoxy) is 4. The van der Waals surface area contributed by atoms with Crippen molar-refractivity contribution in [2.75, 3.05) is 26.4 Å². The van der Waals surface area contributed by atoms with E-state index < -0.39 is 77.1 Å². The van der Waals surface area contributed by atoms with Crippen LogP contribution in [0.15, 0.2) is 66.7 Å². The van der Waals surface area contributed by atoms with Gasteiger partial charge in [-0.05, 0) is 83.0 Å². The molecule has 0 bridgehead atoms. The number of aliphatic hydroxyl groups is 1. The van der Waals surface area contributed by atoms with E-state index in [0.717, 1.165) is 6.07 Å². The van der Waals surface area contributed by atoms with E-state index >= 15 is 4.39 Å². The SMILES string of the molecule is CC(C)(C)OC(=O)N[C@H](C(=O)Cc1cccc(F)c1OC[C@@H]1CN(C(=O)OC(C)(C)C)[C@H](CO)CO1)C(c1ccc(F)cc1)c1ccc(F)cc1. The molecule has 0 saturated carbocycles. The van der Waals surface area contributed by atoms with Crippen LogP contribution in [0.25, 0.3) is 0 Å². The number of carbonyl (C=O) groups excluding carboxylic acids is 3. The lowest BCUT2D eigenvalue weighted by Crippen LogP contribution is -2.56. The van der Waals surface area contributed by atoms with Crippen molar-refractivity contribution in [2.45, 2.75) is 83.3 Å². The predicted octanol–water partition coefficient (Wildman–Crippen LogP) is 6.32. The summed E-state index contributed by atoms with van der Waals surface area (Å²) in [6.07, 6.45) is -2.70. The van der Waals surface area contributed by atoms with Crippen LogP contribution in [-0.4, -0.2) is 83.7 Å². The summed E-state index contributed by atoms with van der Waals surface area (Å²) < 4.78 is 66.0. The molecule has 3 aromatic rings. The molecule has 10 nitrogen and oxygen atoms in total. The van der Waals surface area contributed by atoms with Gasteiger partial charge in [-0.1, -0.05) is 36.4 Å². The molecule has 0 unspecified atom stereocenters. The minimum absolute atomic E-state index is 0.0121. The van der Waals surface area contributed by atoms with E-state index in [1.165, 1.54) is 65.6 Å². The second-order valence-corrected chi connectivity index (χ2v) is 14.3. The standard InChI is InChI=1S/C38H45F3N2O8/c1-37(2,3)50-35(46)42-33(32(23-10-14-26(39)15-11-23)24-12-16-27(40)17-13-24)31(45)18-25-8-7-9-30(41)34(25)49-22-29-19-43(28(20-44)21-48-29)36(47)51-38(4,5)6/h7-17,28-29,32-33,44H,18-22H2,1-6H3,(H,42,46)/t28-,29+,33-/m1/s1. The summed E-state index contributed by atoms with van der Waals surface area (Å²) in [5.41, 5.74) is -0.656. The summed E-state index contributed by atoms with van der Waals surface area (Å²) in [5, 5.41) is 12.5. The maximum absolute atomic E-state index is 15.4. The number of nitrogens with zero attached hydrogens (tertiary/aromatic N) is 1. The molecule has 0 radical (unpaired) electrons. The van der Waals surface area contributed by atoms with Crippen LogP contribution in [0.3, 0.4) is 0 Å². The van der Waals surface area contributed by atoms with Gasteiger partial charge in [-0.2, -0.15) is 0 Å². The lowest BCUT2D eigenvalue weighted by molar-refractivity contribution is -0.120. The molecule has 0 aromatic heterocycles. The van der Waals surface area contributed by atoms with Crippen molar-refractivity contribution in [3.63, 3.8) is 0 Å². The molecule has 1 aliphatic heterocycles. The molecular formula is C38H45F3N2O8. The Bertz CT molecular complexity index is 1610. The van der Waals surface area contributed by atoms with Gasteiger partial charge in [0.15, 0.2) is 17.3 Å². The average molecular weight is 715 g/mol. The third-order valence-electron chi connectivity index (χ3n) is 7.84. The Balaban J connectivity index is 1.63.